The molecule has 0 aliphatic rings. The molecule has 3 aromatic rings. The van der Waals surface area contributed by atoms with Crippen molar-refractivity contribution in [2.24, 2.45) is 0 Å². The van der Waals surface area contributed by atoms with Crippen molar-refractivity contribution in [1.29, 1.82) is 5.41 Å². The molecule has 0 spiro atoms. The van der Waals surface area contributed by atoms with E-state index >= 15 is 0 Å². The van der Waals surface area contributed by atoms with Gasteiger partial charge in [0.1, 0.15) is 5.84 Å². The van der Waals surface area contributed by atoms with Crippen LogP contribution in [0.2, 0.25) is 0 Å². The molecule has 0 saturated heterocycles. The van der Waals surface area contributed by atoms with Crippen molar-refractivity contribution < 1.29 is 0 Å². The van der Waals surface area contributed by atoms with E-state index in [1.807, 2.05) is 6.07 Å². The van der Waals surface area contributed by atoms with Crippen LogP contribution in [0.15, 0.2) is 54.7 Å². The molecular formula is C21H28Cl2N4. The predicted octanol–water partition coefficient (Wildman–Crippen LogP) is 4.62. The van der Waals surface area contributed by atoms with Crippen LogP contribution < -0.4 is 5.32 Å². The number of halogens is 2. The quantitative estimate of drug-likeness (QED) is 0.395. The molecule has 2 aromatic carbocycles. The minimum absolute atomic E-state index is 0. The van der Waals surface area contributed by atoms with E-state index in [0.717, 1.165) is 37.1 Å². The monoisotopic (exact) mass is 406 g/mol. The van der Waals surface area contributed by atoms with Crippen LogP contribution in [0, 0.1) is 5.41 Å². The van der Waals surface area contributed by atoms with Gasteiger partial charge < -0.3 is 10.3 Å². The van der Waals surface area contributed by atoms with E-state index in [1.54, 1.807) is 7.05 Å². The lowest BCUT2D eigenvalue weighted by Gasteiger charge is -2.20. The van der Waals surface area contributed by atoms with Gasteiger partial charge in [0.05, 0.1) is 0 Å². The summed E-state index contributed by atoms with van der Waals surface area (Å²) in [5.74, 6) is 0.452. The van der Waals surface area contributed by atoms with E-state index in [-0.39, 0.29) is 24.8 Å². The third-order valence-electron chi connectivity index (χ3n) is 4.70. The predicted molar refractivity (Wildman–Crippen MR) is 120 cm³/mol. The maximum absolute atomic E-state index is 7.97. The molecular weight excluding hydrogens is 379 g/mol. The van der Waals surface area contributed by atoms with Crippen molar-refractivity contribution >= 4 is 41.6 Å². The Morgan fingerprint density at radius 3 is 2.52 bits per heavy atom. The lowest BCUT2D eigenvalue weighted by atomic mass is 10.1. The summed E-state index contributed by atoms with van der Waals surface area (Å²) < 4.78 is 0. The average Bonchev–Trinajstić information content (AvgIpc) is 3.07. The van der Waals surface area contributed by atoms with E-state index in [1.165, 1.54) is 16.5 Å². The second kappa shape index (κ2) is 11.0. The van der Waals surface area contributed by atoms with Crippen LogP contribution in [0.1, 0.15) is 23.6 Å². The van der Waals surface area contributed by atoms with E-state index in [2.05, 4.69) is 70.8 Å². The van der Waals surface area contributed by atoms with Crippen molar-refractivity contribution in [3.8, 4) is 0 Å². The molecule has 3 N–H and O–H groups in total. The summed E-state index contributed by atoms with van der Waals surface area (Å²) in [6.45, 7) is 5.25. The van der Waals surface area contributed by atoms with Gasteiger partial charge in [0.15, 0.2) is 0 Å². The molecule has 0 unspecified atom stereocenters. The van der Waals surface area contributed by atoms with Gasteiger partial charge in [-0.3, -0.25) is 10.3 Å². The fourth-order valence-electron chi connectivity index (χ4n) is 3.15. The fourth-order valence-corrected chi connectivity index (χ4v) is 3.15. The Hall–Kier alpha value is -2.01. The topological polar surface area (TPSA) is 54.9 Å². The number of aromatic nitrogens is 1. The minimum Gasteiger partial charge on any atom is -0.373 e. The molecule has 0 aliphatic carbocycles. The zero-order valence-electron chi connectivity index (χ0n) is 15.8. The van der Waals surface area contributed by atoms with Gasteiger partial charge in [0.25, 0.3) is 0 Å². The van der Waals surface area contributed by atoms with Gasteiger partial charge >= 0.3 is 0 Å². The molecule has 4 nitrogen and oxygen atoms in total. The van der Waals surface area contributed by atoms with Crippen molar-refractivity contribution in [2.75, 3.05) is 20.1 Å². The first-order chi connectivity index (χ1) is 12.2. The highest BCUT2D eigenvalue weighted by Gasteiger charge is 2.09. The largest absolute Gasteiger partial charge is 0.373 e. The molecule has 0 bridgehead atoms. The lowest BCUT2D eigenvalue weighted by molar-refractivity contribution is 0.284. The number of benzene rings is 2. The van der Waals surface area contributed by atoms with E-state index < -0.39 is 0 Å². The third-order valence-corrected chi connectivity index (χ3v) is 4.70. The summed E-state index contributed by atoms with van der Waals surface area (Å²) in [6, 6.07) is 16.8. The standard InChI is InChI=1S/C21H26N4.2ClH/c1-3-25(15-16-7-5-4-6-8-16)12-11-18-14-24-20-10-9-17(13-19(18)20)21(22)23-2;;/h4-10,13-14,24H,3,11-12,15H2,1-2H3,(H2,22,23);2*1H. The van der Waals surface area contributed by atoms with Crippen molar-refractivity contribution in [1.82, 2.24) is 15.2 Å². The van der Waals surface area contributed by atoms with Crippen molar-refractivity contribution in [3.63, 3.8) is 0 Å². The number of amidine groups is 1. The highest BCUT2D eigenvalue weighted by Crippen LogP contribution is 2.21. The molecule has 1 heterocycles. The zero-order chi connectivity index (χ0) is 17.6. The molecule has 0 atom stereocenters. The Morgan fingerprint density at radius 2 is 1.85 bits per heavy atom. The van der Waals surface area contributed by atoms with Gasteiger partial charge in [-0.1, -0.05) is 37.3 Å². The smallest absolute Gasteiger partial charge is 0.125 e. The Bertz CT molecular complexity index is 846. The maximum atomic E-state index is 7.97. The summed E-state index contributed by atoms with van der Waals surface area (Å²) >= 11 is 0. The molecule has 0 saturated carbocycles. The first-order valence-electron chi connectivity index (χ1n) is 8.84. The molecule has 0 radical (unpaired) electrons. The maximum Gasteiger partial charge on any atom is 0.125 e. The van der Waals surface area contributed by atoms with Crippen LogP contribution in [0.5, 0.6) is 0 Å². The highest BCUT2D eigenvalue weighted by molar-refractivity contribution is 6.00. The normalized spacial score (nSPS) is 10.3. The first kappa shape index (κ1) is 23.0. The number of nitrogens with zero attached hydrogens (tertiary/aromatic N) is 1. The summed E-state index contributed by atoms with van der Waals surface area (Å²) in [4.78, 5) is 5.82. The summed E-state index contributed by atoms with van der Waals surface area (Å²) in [6.07, 6.45) is 3.10. The van der Waals surface area contributed by atoms with Gasteiger partial charge in [0.2, 0.25) is 0 Å². The molecule has 3 rings (SSSR count). The molecule has 146 valence electrons. The van der Waals surface area contributed by atoms with E-state index in [4.69, 9.17) is 5.41 Å². The van der Waals surface area contributed by atoms with Crippen LogP contribution in [0.25, 0.3) is 10.9 Å². The number of hydrogen-bond acceptors (Lipinski definition) is 2. The molecule has 27 heavy (non-hydrogen) atoms. The third kappa shape index (κ3) is 5.73. The van der Waals surface area contributed by atoms with Crippen molar-refractivity contribution in [3.05, 3.63) is 71.4 Å². The number of fused-ring (bicyclic) bond motifs is 1. The summed E-state index contributed by atoms with van der Waals surface area (Å²) in [5, 5.41) is 12.1. The zero-order valence-corrected chi connectivity index (χ0v) is 17.4. The molecule has 6 heteroatoms. The second-order valence-electron chi connectivity index (χ2n) is 6.30. The number of hydrogen-bond donors (Lipinski definition) is 3. The van der Waals surface area contributed by atoms with Gasteiger partial charge in [0, 0.05) is 42.8 Å². The van der Waals surface area contributed by atoms with Crippen LogP contribution >= 0.6 is 24.8 Å². The number of aromatic amines is 1. The number of likely N-dealkylation sites (N-methyl/N-ethyl adjacent to an activating group) is 1. The Morgan fingerprint density at radius 1 is 1.11 bits per heavy atom. The molecule has 1 aromatic heterocycles. The molecule has 0 fully saturated rings. The van der Waals surface area contributed by atoms with Crippen LogP contribution in [-0.4, -0.2) is 35.9 Å². The van der Waals surface area contributed by atoms with Gasteiger partial charge in [-0.15, -0.1) is 24.8 Å². The lowest BCUT2D eigenvalue weighted by Crippen LogP contribution is -2.25. The van der Waals surface area contributed by atoms with E-state index in [0.29, 0.717) is 5.84 Å². The molecule has 0 amide bonds. The molecule has 0 aliphatic heterocycles. The summed E-state index contributed by atoms with van der Waals surface area (Å²) in [7, 11) is 1.78. The van der Waals surface area contributed by atoms with Crippen LogP contribution in [0.4, 0.5) is 0 Å². The number of H-pyrrole nitrogens is 1. The van der Waals surface area contributed by atoms with Crippen LogP contribution in [0.3, 0.4) is 0 Å². The average molecular weight is 407 g/mol. The Labute approximate surface area is 173 Å². The number of rotatable bonds is 7. The first-order valence-corrected chi connectivity index (χ1v) is 8.84. The SMILES string of the molecule is CCN(CCc1c[nH]c2ccc(C(=N)NC)cc12)Cc1ccccc1.Cl.Cl. The van der Waals surface area contributed by atoms with E-state index in [9.17, 15) is 0 Å². The Kier molecular flexibility index (Phi) is 9.36. The number of nitrogens with one attached hydrogen (secondary N) is 3. The fraction of sp³-hybridized carbons (Fsp3) is 0.286. The van der Waals surface area contributed by atoms with Gasteiger partial charge in [-0.05, 0) is 42.3 Å². The van der Waals surface area contributed by atoms with Gasteiger partial charge in [-0.25, -0.2) is 0 Å². The van der Waals surface area contributed by atoms with Gasteiger partial charge in [-0.2, -0.15) is 0 Å². The van der Waals surface area contributed by atoms with Crippen molar-refractivity contribution in [2.45, 2.75) is 19.9 Å². The Balaban J connectivity index is 0.00000182. The summed E-state index contributed by atoms with van der Waals surface area (Å²) in [5.41, 5.74) is 4.72. The highest BCUT2D eigenvalue weighted by atomic mass is 35.5. The van der Waals surface area contributed by atoms with Crippen LogP contribution in [-0.2, 0) is 13.0 Å². The second-order valence-corrected chi connectivity index (χ2v) is 6.30. The minimum atomic E-state index is 0.